The van der Waals surface area contributed by atoms with Gasteiger partial charge in [0, 0.05) is 18.2 Å². The Kier molecular flexibility index (Phi) is 6.25. The van der Waals surface area contributed by atoms with Gasteiger partial charge in [0.25, 0.3) is 0 Å². The van der Waals surface area contributed by atoms with Crippen molar-refractivity contribution in [2.75, 3.05) is 26.9 Å². The Morgan fingerprint density at radius 1 is 1.19 bits per heavy atom. The van der Waals surface area contributed by atoms with Crippen LogP contribution in [0.3, 0.4) is 0 Å². The van der Waals surface area contributed by atoms with Crippen molar-refractivity contribution in [3.8, 4) is 23.0 Å². The van der Waals surface area contributed by atoms with Crippen molar-refractivity contribution in [1.82, 2.24) is 4.90 Å². The van der Waals surface area contributed by atoms with Gasteiger partial charge in [-0.1, -0.05) is 18.2 Å². The second kappa shape index (κ2) is 9.24. The molecule has 1 atom stereocenters. The third-order valence-corrected chi connectivity index (χ3v) is 5.33. The first-order valence-electron chi connectivity index (χ1n) is 10.1. The number of methoxy groups -OCH3 is 1. The van der Waals surface area contributed by atoms with E-state index in [2.05, 4.69) is 4.74 Å². The number of fused-ring (bicyclic) bond motifs is 1. The lowest BCUT2D eigenvalue weighted by Crippen LogP contribution is -2.29. The van der Waals surface area contributed by atoms with Crippen molar-refractivity contribution >= 4 is 12.0 Å². The molecular formula is C23H23F2NO5. The van der Waals surface area contributed by atoms with E-state index in [1.165, 1.54) is 25.3 Å². The van der Waals surface area contributed by atoms with E-state index in [-0.39, 0.29) is 23.4 Å². The van der Waals surface area contributed by atoms with Gasteiger partial charge in [-0.15, -0.1) is 0 Å². The van der Waals surface area contributed by atoms with Crippen LogP contribution in [0.4, 0.5) is 8.78 Å². The number of hydrogen-bond acceptors (Lipinski definition) is 5. The number of carbonyl (C=O) groups excluding carboxylic acids is 1. The van der Waals surface area contributed by atoms with Crippen LogP contribution in [0.15, 0.2) is 42.5 Å². The summed E-state index contributed by atoms with van der Waals surface area (Å²) in [5.74, 6) is 1.25. The molecule has 31 heavy (non-hydrogen) atoms. The molecule has 0 aliphatic carbocycles. The smallest absolute Gasteiger partial charge is 0.387 e. The number of carbonyl (C=O) groups is 1. The van der Waals surface area contributed by atoms with E-state index in [1.807, 2.05) is 18.2 Å². The summed E-state index contributed by atoms with van der Waals surface area (Å²) in [6, 6.07) is 10.4. The number of ether oxygens (including phenoxy) is 4. The van der Waals surface area contributed by atoms with Crippen molar-refractivity contribution in [3.63, 3.8) is 0 Å². The lowest BCUT2D eigenvalue weighted by molar-refractivity contribution is -0.126. The van der Waals surface area contributed by atoms with Gasteiger partial charge in [0.2, 0.25) is 5.91 Å². The first-order valence-corrected chi connectivity index (χ1v) is 10.1. The van der Waals surface area contributed by atoms with Crippen LogP contribution < -0.4 is 18.9 Å². The molecule has 0 radical (unpaired) electrons. The molecule has 2 aromatic rings. The van der Waals surface area contributed by atoms with Crippen LogP contribution >= 0.6 is 0 Å². The maximum Gasteiger partial charge on any atom is 0.387 e. The standard InChI is InChI=1S/C23H23F2NO5/c1-28-19-6-2-4-15(22(19)31-23(24)25)8-10-21(27)26-11-3-5-17(26)16-7-9-18-20(14-16)30-13-12-29-18/h2,4,6-10,14,17,23H,3,5,11-13H2,1H3. The van der Waals surface area contributed by atoms with Gasteiger partial charge in [0.1, 0.15) is 13.2 Å². The number of hydrogen-bond donors (Lipinski definition) is 0. The highest BCUT2D eigenvalue weighted by atomic mass is 19.3. The SMILES string of the molecule is COc1cccc(C=CC(=O)N2CCCC2c2ccc3c(c2)OCCO3)c1OC(F)F. The maximum absolute atomic E-state index is 12.9. The lowest BCUT2D eigenvalue weighted by atomic mass is 10.0. The van der Waals surface area contributed by atoms with Crippen LogP contribution in [-0.4, -0.2) is 44.3 Å². The molecular weight excluding hydrogens is 408 g/mol. The molecule has 0 aromatic heterocycles. The summed E-state index contributed by atoms with van der Waals surface area (Å²) in [5, 5.41) is 0. The Labute approximate surface area is 179 Å². The predicted molar refractivity (Wildman–Crippen MR) is 110 cm³/mol. The van der Waals surface area contributed by atoms with Crippen LogP contribution in [0.1, 0.15) is 30.0 Å². The molecule has 1 saturated heterocycles. The maximum atomic E-state index is 12.9. The second-order valence-corrected chi connectivity index (χ2v) is 7.18. The Bertz CT molecular complexity index is 978. The Balaban J connectivity index is 1.54. The third-order valence-electron chi connectivity index (χ3n) is 5.33. The number of benzene rings is 2. The third kappa shape index (κ3) is 4.57. The van der Waals surface area contributed by atoms with Crippen LogP contribution in [0.2, 0.25) is 0 Å². The topological polar surface area (TPSA) is 57.2 Å². The van der Waals surface area contributed by atoms with Crippen molar-refractivity contribution in [2.24, 2.45) is 0 Å². The van der Waals surface area contributed by atoms with E-state index >= 15 is 0 Å². The molecule has 6 nitrogen and oxygen atoms in total. The number of rotatable bonds is 6. The van der Waals surface area contributed by atoms with E-state index in [4.69, 9.17) is 14.2 Å². The Morgan fingerprint density at radius 3 is 2.77 bits per heavy atom. The minimum Gasteiger partial charge on any atom is -0.493 e. The normalized spacial score (nSPS) is 17.9. The summed E-state index contributed by atoms with van der Waals surface area (Å²) in [4.78, 5) is 14.7. The fourth-order valence-electron chi connectivity index (χ4n) is 3.94. The van der Waals surface area contributed by atoms with E-state index in [1.54, 1.807) is 17.0 Å². The Hall–Kier alpha value is -3.29. The number of alkyl halides is 2. The fraction of sp³-hybridized carbons (Fsp3) is 0.348. The van der Waals surface area contributed by atoms with Crippen molar-refractivity contribution in [3.05, 3.63) is 53.6 Å². The number of halogens is 2. The zero-order valence-electron chi connectivity index (χ0n) is 17.1. The van der Waals surface area contributed by atoms with Gasteiger partial charge in [-0.3, -0.25) is 4.79 Å². The summed E-state index contributed by atoms with van der Waals surface area (Å²) < 4.78 is 46.6. The lowest BCUT2D eigenvalue weighted by Gasteiger charge is -2.26. The van der Waals surface area contributed by atoms with Gasteiger partial charge in [0.05, 0.1) is 13.2 Å². The van der Waals surface area contributed by atoms with Crippen LogP contribution in [0.5, 0.6) is 23.0 Å². The van der Waals surface area contributed by atoms with Gasteiger partial charge in [-0.05, 0) is 42.7 Å². The van der Waals surface area contributed by atoms with E-state index in [9.17, 15) is 13.6 Å². The molecule has 0 N–H and O–H groups in total. The minimum absolute atomic E-state index is 0.0879. The summed E-state index contributed by atoms with van der Waals surface area (Å²) >= 11 is 0. The zero-order valence-corrected chi connectivity index (χ0v) is 17.1. The average Bonchev–Trinajstić information content (AvgIpc) is 3.27. The number of amides is 1. The van der Waals surface area contributed by atoms with E-state index < -0.39 is 6.61 Å². The predicted octanol–water partition coefficient (Wildman–Crippen LogP) is 4.44. The van der Waals surface area contributed by atoms with Gasteiger partial charge in [-0.2, -0.15) is 8.78 Å². The first-order chi connectivity index (χ1) is 15.1. The summed E-state index contributed by atoms with van der Waals surface area (Å²) in [6.45, 7) is -1.37. The van der Waals surface area contributed by atoms with Crippen molar-refractivity contribution < 1.29 is 32.5 Å². The molecule has 164 valence electrons. The molecule has 1 fully saturated rings. The first kappa shape index (κ1) is 21.0. The Morgan fingerprint density at radius 2 is 2.00 bits per heavy atom. The molecule has 1 amide bonds. The number of likely N-dealkylation sites (tertiary alicyclic amines) is 1. The zero-order chi connectivity index (χ0) is 21.8. The van der Waals surface area contributed by atoms with Crippen LogP contribution in [0.25, 0.3) is 6.08 Å². The molecule has 8 heteroatoms. The highest BCUT2D eigenvalue weighted by molar-refractivity contribution is 5.92. The van der Waals surface area contributed by atoms with E-state index in [0.29, 0.717) is 36.8 Å². The monoisotopic (exact) mass is 431 g/mol. The summed E-state index contributed by atoms with van der Waals surface area (Å²) in [7, 11) is 1.37. The molecule has 0 saturated carbocycles. The highest BCUT2D eigenvalue weighted by Crippen LogP contribution is 2.38. The largest absolute Gasteiger partial charge is 0.493 e. The summed E-state index contributed by atoms with van der Waals surface area (Å²) in [6.07, 6.45) is 4.56. The van der Waals surface area contributed by atoms with E-state index in [0.717, 1.165) is 18.4 Å². The number of nitrogens with zero attached hydrogens (tertiary/aromatic N) is 1. The molecule has 2 aliphatic heterocycles. The average molecular weight is 431 g/mol. The fourth-order valence-corrected chi connectivity index (χ4v) is 3.94. The quantitative estimate of drug-likeness (QED) is 0.633. The molecule has 1 unspecified atom stereocenters. The van der Waals surface area contributed by atoms with Gasteiger partial charge in [0.15, 0.2) is 23.0 Å². The van der Waals surface area contributed by atoms with Gasteiger partial charge in [-0.25, -0.2) is 0 Å². The molecule has 2 aromatic carbocycles. The highest BCUT2D eigenvalue weighted by Gasteiger charge is 2.30. The molecule has 0 spiro atoms. The van der Waals surface area contributed by atoms with Crippen molar-refractivity contribution in [2.45, 2.75) is 25.5 Å². The molecule has 4 rings (SSSR count). The van der Waals surface area contributed by atoms with Gasteiger partial charge >= 0.3 is 6.61 Å². The van der Waals surface area contributed by atoms with Crippen LogP contribution in [0, 0.1) is 0 Å². The van der Waals surface area contributed by atoms with Crippen LogP contribution in [-0.2, 0) is 4.79 Å². The molecule has 0 bridgehead atoms. The second-order valence-electron chi connectivity index (χ2n) is 7.18. The summed E-state index contributed by atoms with van der Waals surface area (Å²) in [5.41, 5.74) is 1.31. The van der Waals surface area contributed by atoms with Gasteiger partial charge < -0.3 is 23.8 Å². The molecule has 2 heterocycles. The number of para-hydroxylation sites is 1. The minimum atomic E-state index is -3.00. The molecule has 2 aliphatic rings. The van der Waals surface area contributed by atoms with Crippen molar-refractivity contribution in [1.29, 1.82) is 0 Å².